The van der Waals surface area contributed by atoms with Crippen molar-refractivity contribution in [2.75, 3.05) is 0 Å². The maximum absolute atomic E-state index is 2.53. The summed E-state index contributed by atoms with van der Waals surface area (Å²) in [5.74, 6) is 0. The van der Waals surface area contributed by atoms with Crippen LogP contribution in [0.4, 0.5) is 0 Å². The molecule has 72 valence electrons. The topological polar surface area (TPSA) is 16.6 Å². The van der Waals surface area contributed by atoms with Crippen LogP contribution in [0.25, 0.3) is 0 Å². The first-order chi connectivity index (χ1) is 6.36. The Labute approximate surface area is 84.2 Å². The summed E-state index contributed by atoms with van der Waals surface area (Å²) >= 11 is 1.90. The average molecular weight is 196 g/mol. The van der Waals surface area contributed by atoms with E-state index >= 15 is 0 Å². The van der Waals surface area contributed by atoms with Crippen molar-refractivity contribution in [3.05, 3.63) is 21.9 Å². The van der Waals surface area contributed by atoms with Gasteiger partial charge in [-0.05, 0) is 49.6 Å². The molecular formula is C11H18NS+. The van der Waals surface area contributed by atoms with Gasteiger partial charge in [-0.3, -0.25) is 0 Å². The van der Waals surface area contributed by atoms with Gasteiger partial charge in [0.05, 0.1) is 10.9 Å². The largest absolute Gasteiger partial charge is 0.339 e. The number of hydrogen-bond donors (Lipinski definition) is 1. The molecule has 1 nitrogen and oxygen atoms in total. The average Bonchev–Trinajstić information content (AvgIpc) is 2.72. The highest BCUT2D eigenvalue weighted by atomic mass is 32.1. The van der Waals surface area contributed by atoms with Crippen molar-refractivity contribution in [2.45, 2.75) is 45.2 Å². The monoisotopic (exact) mass is 196 g/mol. The first-order valence-corrected chi connectivity index (χ1v) is 6.10. The van der Waals surface area contributed by atoms with E-state index in [-0.39, 0.29) is 0 Å². The fraction of sp³-hybridized carbons (Fsp3) is 0.636. The van der Waals surface area contributed by atoms with E-state index in [4.69, 9.17) is 0 Å². The third-order valence-corrected chi connectivity index (χ3v) is 4.05. The molecule has 0 unspecified atom stereocenters. The fourth-order valence-corrected chi connectivity index (χ4v) is 2.96. The molecule has 0 saturated heterocycles. The Morgan fingerprint density at radius 3 is 2.85 bits per heavy atom. The zero-order valence-electron chi connectivity index (χ0n) is 8.25. The molecule has 0 spiro atoms. The second-order valence-corrected chi connectivity index (χ2v) is 5.01. The molecule has 0 amide bonds. The van der Waals surface area contributed by atoms with Crippen LogP contribution in [0.15, 0.2) is 11.4 Å². The van der Waals surface area contributed by atoms with Crippen LogP contribution in [0.3, 0.4) is 0 Å². The molecule has 0 aromatic carbocycles. The molecule has 0 radical (unpaired) electrons. The lowest BCUT2D eigenvalue weighted by molar-refractivity contribution is -0.702. The Bertz CT molecular complexity index is 261. The van der Waals surface area contributed by atoms with Crippen LogP contribution in [-0.2, 0) is 6.54 Å². The van der Waals surface area contributed by atoms with E-state index < -0.39 is 0 Å². The SMILES string of the molecule is Cc1ccsc1C[NH2+]C1CCCC1. The van der Waals surface area contributed by atoms with Crippen molar-refractivity contribution in [2.24, 2.45) is 0 Å². The van der Waals surface area contributed by atoms with Crippen molar-refractivity contribution in [1.82, 2.24) is 0 Å². The Hall–Kier alpha value is -0.340. The maximum atomic E-state index is 2.53. The van der Waals surface area contributed by atoms with E-state index in [1.54, 1.807) is 4.88 Å². The molecule has 1 aromatic rings. The normalized spacial score (nSPS) is 18.2. The molecule has 0 bridgehead atoms. The minimum atomic E-state index is 0.918. The number of quaternary nitrogens is 1. The summed E-state index contributed by atoms with van der Waals surface area (Å²) in [7, 11) is 0. The summed E-state index contributed by atoms with van der Waals surface area (Å²) in [6, 6.07) is 3.14. The Morgan fingerprint density at radius 2 is 2.23 bits per heavy atom. The molecule has 1 heterocycles. The quantitative estimate of drug-likeness (QED) is 0.762. The highest BCUT2D eigenvalue weighted by Gasteiger charge is 2.17. The molecule has 0 aliphatic heterocycles. The standard InChI is InChI=1S/C11H17NS/c1-9-6-7-13-11(9)8-12-10-4-2-3-5-10/h6-7,10,12H,2-5,8H2,1H3/p+1. The summed E-state index contributed by atoms with van der Waals surface area (Å²) in [5.41, 5.74) is 1.47. The molecule has 1 fully saturated rings. The molecule has 1 saturated carbocycles. The summed E-state index contributed by atoms with van der Waals surface area (Å²) in [5, 5.41) is 4.74. The Morgan fingerprint density at radius 1 is 1.46 bits per heavy atom. The third kappa shape index (κ3) is 2.32. The lowest BCUT2D eigenvalue weighted by Crippen LogP contribution is -2.87. The van der Waals surface area contributed by atoms with Crippen LogP contribution in [-0.4, -0.2) is 6.04 Å². The van der Waals surface area contributed by atoms with E-state index in [1.807, 2.05) is 11.3 Å². The molecule has 1 aliphatic carbocycles. The molecule has 1 aromatic heterocycles. The van der Waals surface area contributed by atoms with Crippen LogP contribution in [0.2, 0.25) is 0 Å². The van der Waals surface area contributed by atoms with Gasteiger partial charge in [0.1, 0.15) is 6.54 Å². The summed E-state index contributed by atoms with van der Waals surface area (Å²) in [4.78, 5) is 1.56. The molecule has 2 rings (SSSR count). The van der Waals surface area contributed by atoms with Crippen LogP contribution >= 0.6 is 11.3 Å². The minimum absolute atomic E-state index is 0.918. The summed E-state index contributed by atoms with van der Waals surface area (Å²) < 4.78 is 0. The van der Waals surface area contributed by atoms with Gasteiger partial charge < -0.3 is 5.32 Å². The van der Waals surface area contributed by atoms with Crippen molar-refractivity contribution in [3.8, 4) is 0 Å². The van der Waals surface area contributed by atoms with E-state index in [0.717, 1.165) is 6.04 Å². The Balaban J connectivity index is 1.82. The zero-order chi connectivity index (χ0) is 9.10. The van der Waals surface area contributed by atoms with E-state index in [2.05, 4.69) is 23.7 Å². The summed E-state index contributed by atoms with van der Waals surface area (Å²) in [6.45, 7) is 3.42. The number of rotatable bonds is 3. The maximum Gasteiger partial charge on any atom is 0.111 e. The first kappa shape index (κ1) is 9.22. The molecule has 13 heavy (non-hydrogen) atoms. The van der Waals surface area contributed by atoms with Crippen molar-refractivity contribution >= 4 is 11.3 Å². The lowest BCUT2D eigenvalue weighted by atomic mass is 10.2. The van der Waals surface area contributed by atoms with Crippen molar-refractivity contribution < 1.29 is 5.32 Å². The van der Waals surface area contributed by atoms with Gasteiger partial charge >= 0.3 is 0 Å². The Kier molecular flexibility index (Phi) is 3.01. The minimum Gasteiger partial charge on any atom is -0.339 e. The smallest absolute Gasteiger partial charge is 0.111 e. The number of thiophene rings is 1. The summed E-state index contributed by atoms with van der Waals surface area (Å²) in [6.07, 6.45) is 5.77. The van der Waals surface area contributed by atoms with Gasteiger partial charge in [0.25, 0.3) is 0 Å². The molecule has 0 atom stereocenters. The van der Waals surface area contributed by atoms with Gasteiger partial charge in [-0.1, -0.05) is 0 Å². The first-order valence-electron chi connectivity index (χ1n) is 5.22. The van der Waals surface area contributed by atoms with Crippen molar-refractivity contribution in [3.63, 3.8) is 0 Å². The van der Waals surface area contributed by atoms with E-state index in [0.29, 0.717) is 0 Å². The molecular weight excluding hydrogens is 178 g/mol. The molecule has 2 N–H and O–H groups in total. The van der Waals surface area contributed by atoms with Crippen molar-refractivity contribution in [1.29, 1.82) is 0 Å². The van der Waals surface area contributed by atoms with Gasteiger partial charge in [0.2, 0.25) is 0 Å². The van der Waals surface area contributed by atoms with Crippen LogP contribution in [0.1, 0.15) is 36.1 Å². The van der Waals surface area contributed by atoms with E-state index in [1.165, 1.54) is 37.8 Å². The predicted molar refractivity (Wildman–Crippen MR) is 56.9 cm³/mol. The molecule has 2 heteroatoms. The lowest BCUT2D eigenvalue weighted by Gasteiger charge is -2.07. The van der Waals surface area contributed by atoms with Gasteiger partial charge in [-0.15, -0.1) is 11.3 Å². The zero-order valence-corrected chi connectivity index (χ0v) is 9.07. The number of nitrogens with two attached hydrogens (primary N) is 1. The highest BCUT2D eigenvalue weighted by Crippen LogP contribution is 2.16. The van der Waals surface area contributed by atoms with E-state index in [9.17, 15) is 0 Å². The second kappa shape index (κ2) is 4.25. The fourth-order valence-electron chi connectivity index (χ4n) is 2.08. The van der Waals surface area contributed by atoms with Crippen LogP contribution in [0.5, 0.6) is 0 Å². The highest BCUT2D eigenvalue weighted by molar-refractivity contribution is 7.10. The second-order valence-electron chi connectivity index (χ2n) is 4.01. The predicted octanol–water partition coefficient (Wildman–Crippen LogP) is 2.06. The number of aryl methyl sites for hydroxylation is 1. The van der Waals surface area contributed by atoms with Crippen LogP contribution < -0.4 is 5.32 Å². The van der Waals surface area contributed by atoms with Gasteiger partial charge in [0, 0.05) is 0 Å². The number of hydrogen-bond acceptors (Lipinski definition) is 1. The van der Waals surface area contributed by atoms with Gasteiger partial charge in [-0.2, -0.15) is 0 Å². The van der Waals surface area contributed by atoms with Gasteiger partial charge in [0.15, 0.2) is 0 Å². The third-order valence-electron chi connectivity index (χ3n) is 3.00. The molecule has 1 aliphatic rings. The van der Waals surface area contributed by atoms with Crippen LogP contribution in [0, 0.1) is 6.92 Å². The van der Waals surface area contributed by atoms with Gasteiger partial charge in [-0.25, -0.2) is 0 Å².